The Morgan fingerprint density at radius 2 is 2.00 bits per heavy atom. The van der Waals surface area contributed by atoms with E-state index in [1.165, 1.54) is 6.07 Å². The van der Waals surface area contributed by atoms with E-state index in [-0.39, 0.29) is 11.6 Å². The van der Waals surface area contributed by atoms with E-state index in [1.54, 1.807) is 31.2 Å². The normalized spacial score (nSPS) is 10.4. The minimum atomic E-state index is -1.16. The molecule has 5 heteroatoms. The zero-order valence-corrected chi connectivity index (χ0v) is 10.4. The van der Waals surface area contributed by atoms with Gasteiger partial charge in [0.25, 0.3) is 0 Å². The summed E-state index contributed by atoms with van der Waals surface area (Å²) in [5, 5.41) is 8.88. The molecule has 0 aliphatic rings. The first-order valence-electron chi connectivity index (χ1n) is 5.87. The second-order valence-corrected chi connectivity index (χ2v) is 4.22. The molecule has 2 rings (SSSR count). The van der Waals surface area contributed by atoms with Crippen LogP contribution in [0.15, 0.2) is 30.3 Å². The van der Waals surface area contributed by atoms with Crippen molar-refractivity contribution in [2.24, 2.45) is 0 Å². The van der Waals surface area contributed by atoms with Crippen LogP contribution in [0.4, 0.5) is 4.39 Å². The quantitative estimate of drug-likeness (QED) is 0.916. The molecule has 0 unspecified atom stereocenters. The summed E-state index contributed by atoms with van der Waals surface area (Å²) < 4.78 is 13.5. The molecule has 19 heavy (non-hydrogen) atoms. The van der Waals surface area contributed by atoms with Crippen molar-refractivity contribution >= 4 is 5.97 Å². The average molecular weight is 260 g/mol. The molecule has 0 aliphatic carbocycles. The fourth-order valence-corrected chi connectivity index (χ4v) is 1.82. The fraction of sp³-hybridized carbons (Fsp3) is 0.214. The van der Waals surface area contributed by atoms with Crippen molar-refractivity contribution in [3.8, 4) is 0 Å². The highest BCUT2D eigenvalue weighted by Gasteiger charge is 2.10. The number of carboxylic acids is 1. The molecule has 98 valence electrons. The van der Waals surface area contributed by atoms with Crippen molar-refractivity contribution in [3.63, 3.8) is 0 Å². The highest BCUT2D eigenvalue weighted by molar-refractivity contribution is 5.83. The maximum atomic E-state index is 13.5. The topological polar surface area (TPSA) is 63.1 Å². The summed E-state index contributed by atoms with van der Waals surface area (Å²) in [7, 11) is 0. The van der Waals surface area contributed by atoms with Crippen LogP contribution in [0.5, 0.6) is 0 Å². The SMILES string of the molecule is Cc1cc(CCc2ccccc2F)nc(C(=O)O)n1. The minimum absolute atomic E-state index is 0.219. The van der Waals surface area contributed by atoms with Crippen LogP contribution < -0.4 is 0 Å². The molecule has 0 atom stereocenters. The van der Waals surface area contributed by atoms with Crippen LogP contribution in [-0.4, -0.2) is 21.0 Å². The fourth-order valence-electron chi connectivity index (χ4n) is 1.82. The Bertz CT molecular complexity index is 614. The molecule has 2 aromatic rings. The molecule has 0 radical (unpaired) electrons. The molecule has 1 N–H and O–H groups in total. The Hall–Kier alpha value is -2.30. The first-order chi connectivity index (χ1) is 9.06. The molecule has 0 bridgehead atoms. The molecule has 1 heterocycles. The van der Waals surface area contributed by atoms with E-state index >= 15 is 0 Å². The summed E-state index contributed by atoms with van der Waals surface area (Å²) >= 11 is 0. The van der Waals surface area contributed by atoms with E-state index in [4.69, 9.17) is 5.11 Å². The Morgan fingerprint density at radius 3 is 2.68 bits per heavy atom. The first kappa shape index (κ1) is 13.1. The number of aromatic nitrogens is 2. The van der Waals surface area contributed by atoms with Crippen LogP contribution >= 0.6 is 0 Å². The summed E-state index contributed by atoms with van der Waals surface area (Å²) in [5.74, 6) is -1.63. The zero-order valence-electron chi connectivity index (χ0n) is 10.4. The average Bonchev–Trinajstić information content (AvgIpc) is 2.37. The molecule has 1 aromatic carbocycles. The van der Waals surface area contributed by atoms with Gasteiger partial charge in [-0.3, -0.25) is 0 Å². The Balaban J connectivity index is 2.16. The van der Waals surface area contributed by atoms with Crippen molar-refractivity contribution in [1.82, 2.24) is 9.97 Å². The lowest BCUT2D eigenvalue weighted by atomic mass is 10.1. The number of halogens is 1. The van der Waals surface area contributed by atoms with E-state index in [9.17, 15) is 9.18 Å². The second-order valence-electron chi connectivity index (χ2n) is 4.22. The largest absolute Gasteiger partial charge is 0.475 e. The van der Waals surface area contributed by atoms with Gasteiger partial charge < -0.3 is 5.11 Å². The summed E-state index contributed by atoms with van der Waals surface area (Å²) in [5.41, 5.74) is 1.79. The molecular weight excluding hydrogens is 247 g/mol. The molecule has 0 amide bonds. The van der Waals surface area contributed by atoms with Crippen molar-refractivity contribution < 1.29 is 14.3 Å². The number of carboxylic acid groups (broad SMARTS) is 1. The number of hydrogen-bond donors (Lipinski definition) is 1. The molecule has 0 spiro atoms. The van der Waals surface area contributed by atoms with Crippen LogP contribution in [0, 0.1) is 12.7 Å². The molecule has 0 aliphatic heterocycles. The molecular formula is C14H13FN2O2. The van der Waals surface area contributed by atoms with Crippen LogP contribution in [0.25, 0.3) is 0 Å². The van der Waals surface area contributed by atoms with E-state index in [0.29, 0.717) is 29.8 Å². The van der Waals surface area contributed by atoms with Gasteiger partial charge in [-0.1, -0.05) is 18.2 Å². The molecule has 0 fully saturated rings. The maximum absolute atomic E-state index is 13.5. The lowest BCUT2D eigenvalue weighted by Gasteiger charge is -2.05. The Morgan fingerprint density at radius 1 is 1.26 bits per heavy atom. The molecule has 0 saturated heterocycles. The van der Waals surface area contributed by atoms with Gasteiger partial charge in [-0.05, 0) is 37.5 Å². The number of rotatable bonds is 4. The lowest BCUT2D eigenvalue weighted by Crippen LogP contribution is -2.08. The maximum Gasteiger partial charge on any atom is 0.373 e. The number of aryl methyl sites for hydroxylation is 3. The van der Waals surface area contributed by atoms with Gasteiger partial charge in [0.1, 0.15) is 5.82 Å². The zero-order chi connectivity index (χ0) is 13.8. The highest BCUT2D eigenvalue weighted by Crippen LogP contribution is 2.11. The first-order valence-corrected chi connectivity index (χ1v) is 5.87. The van der Waals surface area contributed by atoms with E-state index in [2.05, 4.69) is 9.97 Å². The van der Waals surface area contributed by atoms with E-state index < -0.39 is 5.97 Å². The smallest absolute Gasteiger partial charge is 0.373 e. The summed E-state index contributed by atoms with van der Waals surface area (Å²) in [6.45, 7) is 1.71. The third-order valence-corrected chi connectivity index (χ3v) is 2.71. The predicted molar refractivity (Wildman–Crippen MR) is 67.5 cm³/mol. The summed E-state index contributed by atoms with van der Waals surface area (Å²) in [6.07, 6.45) is 0.951. The molecule has 1 aromatic heterocycles. The highest BCUT2D eigenvalue weighted by atomic mass is 19.1. The third kappa shape index (κ3) is 3.34. The van der Waals surface area contributed by atoms with Gasteiger partial charge in [0, 0.05) is 11.4 Å². The van der Waals surface area contributed by atoms with Gasteiger partial charge in [-0.2, -0.15) is 0 Å². The number of nitrogens with zero attached hydrogens (tertiary/aromatic N) is 2. The van der Waals surface area contributed by atoms with Gasteiger partial charge in [0.2, 0.25) is 5.82 Å². The van der Waals surface area contributed by atoms with Crippen molar-refractivity contribution in [2.75, 3.05) is 0 Å². The van der Waals surface area contributed by atoms with E-state index in [1.807, 2.05) is 0 Å². The Kier molecular flexibility index (Phi) is 3.85. The van der Waals surface area contributed by atoms with Gasteiger partial charge in [-0.15, -0.1) is 0 Å². The van der Waals surface area contributed by atoms with Gasteiger partial charge in [-0.25, -0.2) is 19.2 Å². The number of benzene rings is 1. The van der Waals surface area contributed by atoms with Crippen LogP contribution in [0.1, 0.15) is 27.6 Å². The Labute approximate surface area is 110 Å². The van der Waals surface area contributed by atoms with Crippen LogP contribution in [-0.2, 0) is 12.8 Å². The predicted octanol–water partition coefficient (Wildman–Crippen LogP) is 2.41. The van der Waals surface area contributed by atoms with Crippen molar-refractivity contribution in [3.05, 3.63) is 58.9 Å². The number of carbonyl (C=O) groups is 1. The monoisotopic (exact) mass is 260 g/mol. The van der Waals surface area contributed by atoms with Gasteiger partial charge >= 0.3 is 5.97 Å². The number of hydrogen-bond acceptors (Lipinski definition) is 3. The van der Waals surface area contributed by atoms with E-state index in [0.717, 1.165) is 0 Å². The van der Waals surface area contributed by atoms with Crippen LogP contribution in [0.2, 0.25) is 0 Å². The third-order valence-electron chi connectivity index (χ3n) is 2.71. The summed E-state index contributed by atoms with van der Waals surface area (Å²) in [4.78, 5) is 18.6. The van der Waals surface area contributed by atoms with Crippen molar-refractivity contribution in [1.29, 1.82) is 0 Å². The standard InChI is InChI=1S/C14H13FN2O2/c1-9-8-11(17-13(16-9)14(18)19)7-6-10-4-2-3-5-12(10)15/h2-5,8H,6-7H2,1H3,(H,18,19). The molecule has 0 saturated carbocycles. The van der Waals surface area contributed by atoms with Gasteiger partial charge in [0.05, 0.1) is 0 Å². The molecule has 4 nitrogen and oxygen atoms in total. The van der Waals surface area contributed by atoms with Gasteiger partial charge in [0.15, 0.2) is 0 Å². The van der Waals surface area contributed by atoms with Crippen LogP contribution in [0.3, 0.4) is 0 Å². The number of aromatic carboxylic acids is 1. The lowest BCUT2D eigenvalue weighted by molar-refractivity contribution is 0.0682. The second kappa shape index (κ2) is 5.56. The van der Waals surface area contributed by atoms with Crippen molar-refractivity contribution in [2.45, 2.75) is 19.8 Å². The minimum Gasteiger partial charge on any atom is -0.475 e. The summed E-state index contributed by atoms with van der Waals surface area (Å²) in [6, 6.07) is 8.24.